The van der Waals surface area contributed by atoms with Crippen LogP contribution in [0.2, 0.25) is 0 Å². The zero-order valence-electron chi connectivity index (χ0n) is 15.4. The molecule has 0 bridgehead atoms. The van der Waals surface area contributed by atoms with Gasteiger partial charge >= 0.3 is 0 Å². The van der Waals surface area contributed by atoms with Crippen molar-refractivity contribution >= 4 is 10.0 Å². The molecule has 1 spiro atoms. The first-order chi connectivity index (χ1) is 13.6. The Hall–Kier alpha value is -2.51. The molecule has 0 N–H and O–H groups in total. The molecule has 1 aromatic heterocycles. The van der Waals surface area contributed by atoms with Crippen molar-refractivity contribution in [3.63, 3.8) is 0 Å². The molecule has 7 heteroatoms. The quantitative estimate of drug-likeness (QED) is 0.673. The molecule has 2 aromatic carbocycles. The van der Waals surface area contributed by atoms with E-state index in [0.717, 1.165) is 24.8 Å². The third-order valence-corrected chi connectivity index (χ3v) is 7.96. The molecule has 2 aliphatic rings. The second-order valence-electron chi connectivity index (χ2n) is 7.65. The van der Waals surface area contributed by atoms with Gasteiger partial charge in [-0.25, -0.2) is 8.42 Å². The zero-order chi connectivity index (χ0) is 19.2. The fraction of sp³-hybridized carbons (Fsp3) is 0.333. The standard InChI is InChI=1S/C21H21N3O3S/c25-28(26,17-9-5-2-6-10-17)24-13-11-21(12-14-24)15-18(21)20-23-22-19(27-20)16-7-3-1-4-8-16/h1-10,18H,11-15H2/t18-/m1/s1. The lowest BCUT2D eigenvalue weighted by atomic mass is 9.92. The lowest BCUT2D eigenvalue weighted by molar-refractivity contribution is 0.246. The molecular formula is C21H21N3O3S. The number of hydrogen-bond acceptors (Lipinski definition) is 5. The molecule has 1 atom stereocenters. The van der Waals surface area contributed by atoms with Crippen LogP contribution in [-0.2, 0) is 10.0 Å². The Bertz CT molecular complexity index is 1070. The average molecular weight is 395 g/mol. The normalized spacial score (nSPS) is 21.6. The highest BCUT2D eigenvalue weighted by Gasteiger charge is 2.58. The second kappa shape index (κ2) is 6.53. The molecule has 144 valence electrons. The lowest BCUT2D eigenvalue weighted by Gasteiger charge is -2.31. The SMILES string of the molecule is O=S(=O)(c1ccccc1)N1CCC2(CC1)C[C@@H]2c1nnc(-c2ccccc2)o1. The summed E-state index contributed by atoms with van der Waals surface area (Å²) in [5.74, 6) is 1.46. The summed E-state index contributed by atoms with van der Waals surface area (Å²) in [4.78, 5) is 0.364. The molecule has 2 heterocycles. The minimum atomic E-state index is -3.42. The van der Waals surface area contributed by atoms with Gasteiger partial charge in [0.05, 0.1) is 4.90 Å². The number of nitrogens with zero attached hydrogens (tertiary/aromatic N) is 3. The first-order valence-corrected chi connectivity index (χ1v) is 11.0. The van der Waals surface area contributed by atoms with E-state index in [9.17, 15) is 8.42 Å². The van der Waals surface area contributed by atoms with E-state index < -0.39 is 10.0 Å². The first-order valence-electron chi connectivity index (χ1n) is 9.53. The Balaban J connectivity index is 1.28. The van der Waals surface area contributed by atoms with E-state index in [-0.39, 0.29) is 11.3 Å². The van der Waals surface area contributed by atoms with Crippen LogP contribution >= 0.6 is 0 Å². The van der Waals surface area contributed by atoms with Gasteiger partial charge in [-0.05, 0) is 48.9 Å². The van der Waals surface area contributed by atoms with E-state index >= 15 is 0 Å². The maximum atomic E-state index is 12.8. The molecule has 28 heavy (non-hydrogen) atoms. The van der Waals surface area contributed by atoms with Crippen LogP contribution in [-0.4, -0.2) is 36.0 Å². The molecule has 1 saturated carbocycles. The molecule has 0 amide bonds. The predicted molar refractivity (Wildman–Crippen MR) is 104 cm³/mol. The summed E-state index contributed by atoms with van der Waals surface area (Å²) < 4.78 is 33.2. The van der Waals surface area contributed by atoms with Gasteiger partial charge in [0.2, 0.25) is 21.8 Å². The van der Waals surface area contributed by atoms with Crippen LogP contribution in [0.3, 0.4) is 0 Å². The first kappa shape index (κ1) is 17.6. The maximum Gasteiger partial charge on any atom is 0.247 e. The molecule has 0 radical (unpaired) electrons. The monoisotopic (exact) mass is 395 g/mol. The largest absolute Gasteiger partial charge is 0.420 e. The molecule has 1 aliphatic carbocycles. The van der Waals surface area contributed by atoms with E-state index in [4.69, 9.17) is 4.42 Å². The highest BCUT2D eigenvalue weighted by molar-refractivity contribution is 7.89. The summed E-state index contributed by atoms with van der Waals surface area (Å²) in [5.41, 5.74) is 1.02. The van der Waals surface area contributed by atoms with Gasteiger partial charge in [0.1, 0.15) is 0 Å². The molecule has 5 rings (SSSR count). The molecule has 1 aliphatic heterocycles. The summed E-state index contributed by atoms with van der Waals surface area (Å²) >= 11 is 0. The van der Waals surface area contributed by atoms with Crippen molar-refractivity contribution in [2.75, 3.05) is 13.1 Å². The third-order valence-electron chi connectivity index (χ3n) is 6.05. The Morgan fingerprint density at radius 1 is 0.929 bits per heavy atom. The lowest BCUT2D eigenvalue weighted by Crippen LogP contribution is -2.39. The average Bonchev–Trinajstić information content (AvgIpc) is 3.21. The summed E-state index contributed by atoms with van der Waals surface area (Å²) in [6.07, 6.45) is 2.64. The molecule has 1 saturated heterocycles. The Kier molecular flexibility index (Phi) is 4.10. The highest BCUT2D eigenvalue weighted by atomic mass is 32.2. The van der Waals surface area contributed by atoms with Gasteiger partial charge in [-0.15, -0.1) is 10.2 Å². The topological polar surface area (TPSA) is 76.3 Å². The second-order valence-corrected chi connectivity index (χ2v) is 9.59. The zero-order valence-corrected chi connectivity index (χ0v) is 16.2. The summed E-state index contributed by atoms with van der Waals surface area (Å²) in [7, 11) is -3.42. The fourth-order valence-corrected chi connectivity index (χ4v) is 5.70. The summed E-state index contributed by atoms with van der Waals surface area (Å²) in [6.45, 7) is 1.07. The van der Waals surface area contributed by atoms with Crippen LogP contribution in [0.15, 0.2) is 70.0 Å². The van der Waals surface area contributed by atoms with Crippen molar-refractivity contribution in [1.29, 1.82) is 0 Å². The van der Waals surface area contributed by atoms with Crippen molar-refractivity contribution in [3.8, 4) is 11.5 Å². The van der Waals surface area contributed by atoms with Gasteiger partial charge in [0, 0.05) is 24.6 Å². The molecule has 3 aromatic rings. The van der Waals surface area contributed by atoms with Crippen LogP contribution < -0.4 is 0 Å². The van der Waals surface area contributed by atoms with E-state index in [1.807, 2.05) is 36.4 Å². The number of sulfonamides is 1. The molecule has 2 fully saturated rings. The third kappa shape index (κ3) is 2.95. The van der Waals surface area contributed by atoms with Crippen LogP contribution in [0, 0.1) is 5.41 Å². The van der Waals surface area contributed by atoms with Crippen molar-refractivity contribution in [2.45, 2.75) is 30.1 Å². The van der Waals surface area contributed by atoms with E-state index in [1.54, 1.807) is 28.6 Å². The fourth-order valence-electron chi connectivity index (χ4n) is 4.24. The van der Waals surface area contributed by atoms with Gasteiger partial charge in [0.25, 0.3) is 0 Å². The molecule has 6 nitrogen and oxygen atoms in total. The highest BCUT2D eigenvalue weighted by Crippen LogP contribution is 2.64. The molecule has 0 unspecified atom stereocenters. The Labute approximate surface area is 164 Å². The van der Waals surface area contributed by atoms with Gasteiger partial charge in [-0.3, -0.25) is 0 Å². The number of hydrogen-bond donors (Lipinski definition) is 0. The Morgan fingerprint density at radius 2 is 1.57 bits per heavy atom. The van der Waals surface area contributed by atoms with Gasteiger partial charge in [0.15, 0.2) is 0 Å². The van der Waals surface area contributed by atoms with Gasteiger partial charge < -0.3 is 4.42 Å². The minimum absolute atomic E-state index is 0.100. The molecular weight excluding hydrogens is 374 g/mol. The Morgan fingerprint density at radius 3 is 2.25 bits per heavy atom. The van der Waals surface area contributed by atoms with E-state index in [0.29, 0.717) is 29.8 Å². The number of benzene rings is 2. The van der Waals surface area contributed by atoms with Gasteiger partial charge in [-0.2, -0.15) is 4.31 Å². The number of rotatable bonds is 4. The minimum Gasteiger partial charge on any atom is -0.420 e. The van der Waals surface area contributed by atoms with Crippen molar-refractivity contribution in [3.05, 3.63) is 66.6 Å². The van der Waals surface area contributed by atoms with Crippen LogP contribution in [0.1, 0.15) is 31.1 Å². The van der Waals surface area contributed by atoms with Crippen molar-refractivity contribution in [2.24, 2.45) is 5.41 Å². The van der Waals surface area contributed by atoms with Crippen LogP contribution in [0.25, 0.3) is 11.5 Å². The smallest absolute Gasteiger partial charge is 0.247 e. The van der Waals surface area contributed by atoms with Crippen LogP contribution in [0.4, 0.5) is 0 Å². The summed E-state index contributed by atoms with van der Waals surface area (Å²) in [5, 5.41) is 8.47. The summed E-state index contributed by atoms with van der Waals surface area (Å²) in [6, 6.07) is 18.4. The predicted octanol–water partition coefficient (Wildman–Crippen LogP) is 3.70. The van der Waals surface area contributed by atoms with Gasteiger partial charge in [-0.1, -0.05) is 36.4 Å². The number of aromatic nitrogens is 2. The van der Waals surface area contributed by atoms with Crippen molar-refractivity contribution in [1.82, 2.24) is 14.5 Å². The maximum absolute atomic E-state index is 12.8. The van der Waals surface area contributed by atoms with E-state index in [1.165, 1.54) is 0 Å². The van der Waals surface area contributed by atoms with Crippen molar-refractivity contribution < 1.29 is 12.8 Å². The number of piperidine rings is 1. The van der Waals surface area contributed by atoms with E-state index in [2.05, 4.69) is 10.2 Å². The van der Waals surface area contributed by atoms with Crippen LogP contribution in [0.5, 0.6) is 0 Å².